The summed E-state index contributed by atoms with van der Waals surface area (Å²) >= 11 is 0. The lowest BCUT2D eigenvalue weighted by molar-refractivity contribution is -0.141. The van der Waals surface area contributed by atoms with E-state index in [1.165, 1.54) is 16.0 Å². The molecule has 1 saturated heterocycles. The third kappa shape index (κ3) is 2.60. The number of carbonyl (C=O) groups is 2. The van der Waals surface area contributed by atoms with Gasteiger partial charge >= 0.3 is 12.1 Å². The SMILES string of the molecule is O=C(O)[C@H]1CC2(CC2)CN1C(=O)OCC1c2ccccc2-c2ccccc21. The highest BCUT2D eigenvalue weighted by Crippen LogP contribution is 2.55. The smallest absolute Gasteiger partial charge is 0.410 e. The van der Waals surface area contributed by atoms with Crippen LogP contribution < -0.4 is 0 Å². The topological polar surface area (TPSA) is 66.8 Å². The predicted molar refractivity (Wildman–Crippen MR) is 99.5 cm³/mol. The van der Waals surface area contributed by atoms with Crippen LogP contribution in [0.4, 0.5) is 4.79 Å². The summed E-state index contributed by atoms with van der Waals surface area (Å²) in [6.45, 7) is 0.726. The van der Waals surface area contributed by atoms with Gasteiger partial charge in [0.2, 0.25) is 0 Å². The van der Waals surface area contributed by atoms with E-state index in [1.807, 2.05) is 24.3 Å². The number of benzene rings is 2. The molecule has 1 N–H and O–H groups in total. The fourth-order valence-electron chi connectivity index (χ4n) is 4.68. The van der Waals surface area contributed by atoms with Crippen molar-refractivity contribution in [2.24, 2.45) is 5.41 Å². The van der Waals surface area contributed by atoms with Crippen molar-refractivity contribution >= 4 is 12.1 Å². The van der Waals surface area contributed by atoms with Crippen molar-refractivity contribution in [3.63, 3.8) is 0 Å². The number of likely N-dealkylation sites (tertiary alicyclic amines) is 1. The van der Waals surface area contributed by atoms with Crippen LogP contribution in [0.15, 0.2) is 48.5 Å². The maximum absolute atomic E-state index is 12.7. The van der Waals surface area contributed by atoms with Gasteiger partial charge in [0.1, 0.15) is 12.6 Å². The van der Waals surface area contributed by atoms with E-state index in [0.29, 0.717) is 13.0 Å². The van der Waals surface area contributed by atoms with Crippen LogP contribution in [0.1, 0.15) is 36.3 Å². The molecule has 5 nitrogen and oxygen atoms in total. The molecule has 2 aromatic carbocycles. The molecular weight excluding hydrogens is 342 g/mol. The van der Waals surface area contributed by atoms with Crippen LogP contribution in [0, 0.1) is 5.41 Å². The molecule has 1 saturated carbocycles. The summed E-state index contributed by atoms with van der Waals surface area (Å²) in [7, 11) is 0. The fourth-order valence-corrected chi connectivity index (χ4v) is 4.68. The quantitative estimate of drug-likeness (QED) is 0.899. The van der Waals surface area contributed by atoms with Gasteiger partial charge in [0.25, 0.3) is 0 Å². The minimum absolute atomic E-state index is 0.0119. The zero-order chi connectivity index (χ0) is 18.6. The van der Waals surface area contributed by atoms with Crippen molar-refractivity contribution < 1.29 is 19.4 Å². The summed E-state index contributed by atoms with van der Waals surface area (Å²) in [5, 5.41) is 9.48. The fraction of sp³-hybridized carbons (Fsp3) is 0.364. The van der Waals surface area contributed by atoms with Gasteiger partial charge in [-0.1, -0.05) is 48.5 Å². The monoisotopic (exact) mass is 363 g/mol. The summed E-state index contributed by atoms with van der Waals surface area (Å²) in [6, 6.07) is 15.6. The highest BCUT2D eigenvalue weighted by molar-refractivity contribution is 5.82. The first-order chi connectivity index (χ1) is 13.1. The molecule has 27 heavy (non-hydrogen) atoms. The van der Waals surface area contributed by atoms with Crippen LogP contribution in [0.25, 0.3) is 11.1 Å². The number of amides is 1. The van der Waals surface area contributed by atoms with Crippen molar-refractivity contribution in [2.45, 2.75) is 31.2 Å². The first-order valence-electron chi connectivity index (χ1n) is 9.42. The molecular formula is C22H21NO4. The van der Waals surface area contributed by atoms with Gasteiger partial charge in [-0.25, -0.2) is 9.59 Å². The molecule has 0 aromatic heterocycles. The lowest BCUT2D eigenvalue weighted by Gasteiger charge is -2.22. The molecule has 2 aliphatic carbocycles. The minimum Gasteiger partial charge on any atom is -0.480 e. The lowest BCUT2D eigenvalue weighted by Crippen LogP contribution is -2.41. The highest BCUT2D eigenvalue weighted by atomic mass is 16.6. The molecule has 1 atom stereocenters. The average molecular weight is 363 g/mol. The van der Waals surface area contributed by atoms with E-state index in [4.69, 9.17) is 4.74 Å². The summed E-state index contributed by atoms with van der Waals surface area (Å²) in [6.07, 6.45) is 2.05. The Morgan fingerprint density at radius 3 is 2.19 bits per heavy atom. The number of hydrogen-bond acceptors (Lipinski definition) is 3. The molecule has 3 aliphatic rings. The third-order valence-electron chi connectivity index (χ3n) is 6.32. The molecule has 0 radical (unpaired) electrons. The van der Waals surface area contributed by atoms with Gasteiger partial charge in [0, 0.05) is 12.5 Å². The normalized spacial score (nSPS) is 21.8. The summed E-state index contributed by atoms with van der Waals surface area (Å²) in [5.74, 6) is -0.950. The van der Waals surface area contributed by atoms with Crippen LogP contribution in [-0.2, 0) is 9.53 Å². The Bertz CT molecular complexity index is 888. The van der Waals surface area contributed by atoms with Gasteiger partial charge in [-0.15, -0.1) is 0 Å². The van der Waals surface area contributed by atoms with Crippen molar-refractivity contribution in [1.82, 2.24) is 4.90 Å². The minimum atomic E-state index is -0.938. The molecule has 1 heterocycles. The van der Waals surface area contributed by atoms with Crippen molar-refractivity contribution in [3.05, 3.63) is 59.7 Å². The summed E-state index contributed by atoms with van der Waals surface area (Å²) in [5.41, 5.74) is 4.68. The molecule has 5 heteroatoms. The lowest BCUT2D eigenvalue weighted by atomic mass is 9.98. The van der Waals surface area contributed by atoms with Gasteiger partial charge in [-0.2, -0.15) is 0 Å². The molecule has 138 valence electrons. The third-order valence-corrected chi connectivity index (χ3v) is 6.32. The zero-order valence-electron chi connectivity index (χ0n) is 14.9. The Labute approximate surface area is 157 Å². The molecule has 5 rings (SSSR count). The maximum atomic E-state index is 12.7. The summed E-state index contributed by atoms with van der Waals surface area (Å²) in [4.78, 5) is 25.7. The Kier molecular flexibility index (Phi) is 3.54. The predicted octanol–water partition coefficient (Wildman–Crippen LogP) is 3.87. The van der Waals surface area contributed by atoms with Gasteiger partial charge in [-0.3, -0.25) is 4.90 Å². The van der Waals surface area contributed by atoms with Crippen molar-refractivity contribution in [2.75, 3.05) is 13.2 Å². The second-order valence-electron chi connectivity index (χ2n) is 7.99. The molecule has 1 amide bonds. The second kappa shape index (κ2) is 5.84. The molecule has 2 fully saturated rings. The Morgan fingerprint density at radius 2 is 1.63 bits per heavy atom. The number of fused-ring (bicyclic) bond motifs is 3. The van der Waals surface area contributed by atoms with E-state index < -0.39 is 18.1 Å². The first kappa shape index (κ1) is 16.4. The number of carbonyl (C=O) groups excluding carboxylic acids is 1. The van der Waals surface area contributed by atoms with Crippen LogP contribution in [0.3, 0.4) is 0 Å². The van der Waals surface area contributed by atoms with Crippen LogP contribution in [0.5, 0.6) is 0 Å². The van der Waals surface area contributed by atoms with Crippen LogP contribution in [0.2, 0.25) is 0 Å². The molecule has 1 spiro atoms. The average Bonchev–Trinajstić information content (AvgIpc) is 3.20. The van der Waals surface area contributed by atoms with Gasteiger partial charge in [-0.05, 0) is 46.9 Å². The Hall–Kier alpha value is -2.82. The number of aliphatic carboxylic acids is 1. The van der Waals surface area contributed by atoms with E-state index >= 15 is 0 Å². The van der Waals surface area contributed by atoms with Crippen molar-refractivity contribution in [3.8, 4) is 11.1 Å². The maximum Gasteiger partial charge on any atom is 0.410 e. The number of carboxylic acid groups (broad SMARTS) is 1. The van der Waals surface area contributed by atoms with Gasteiger partial charge in [0.05, 0.1) is 0 Å². The van der Waals surface area contributed by atoms with E-state index in [-0.39, 0.29) is 17.9 Å². The summed E-state index contributed by atoms with van der Waals surface area (Å²) < 4.78 is 5.65. The van der Waals surface area contributed by atoms with E-state index in [1.54, 1.807) is 0 Å². The Morgan fingerprint density at radius 1 is 1.04 bits per heavy atom. The molecule has 0 bridgehead atoms. The number of ether oxygens (including phenoxy) is 1. The second-order valence-corrected chi connectivity index (χ2v) is 7.99. The van der Waals surface area contributed by atoms with Gasteiger partial charge in [0.15, 0.2) is 0 Å². The number of carboxylic acids is 1. The molecule has 2 aromatic rings. The number of rotatable bonds is 3. The Balaban J connectivity index is 1.36. The molecule has 1 aliphatic heterocycles. The van der Waals surface area contributed by atoms with E-state index in [0.717, 1.165) is 24.0 Å². The van der Waals surface area contributed by atoms with E-state index in [2.05, 4.69) is 24.3 Å². The van der Waals surface area contributed by atoms with Crippen LogP contribution in [-0.4, -0.2) is 41.3 Å². The number of nitrogens with zero attached hydrogens (tertiary/aromatic N) is 1. The largest absolute Gasteiger partial charge is 0.480 e. The van der Waals surface area contributed by atoms with Crippen molar-refractivity contribution in [1.29, 1.82) is 0 Å². The first-order valence-corrected chi connectivity index (χ1v) is 9.42. The molecule has 0 unspecified atom stereocenters. The van der Waals surface area contributed by atoms with E-state index in [9.17, 15) is 14.7 Å². The zero-order valence-corrected chi connectivity index (χ0v) is 14.9. The van der Waals surface area contributed by atoms with Gasteiger partial charge < -0.3 is 9.84 Å². The standard InChI is InChI=1S/C22H21NO4/c24-20(25)19-11-22(9-10-22)13-23(19)21(26)27-12-18-16-7-3-1-5-14(16)15-6-2-4-8-17(15)18/h1-8,18-19H,9-13H2,(H,24,25)/t19-/m1/s1. The van der Waals surface area contributed by atoms with Crippen LogP contribution >= 0.6 is 0 Å². The number of hydrogen-bond donors (Lipinski definition) is 1. The highest BCUT2D eigenvalue weighted by Gasteiger charge is 2.55.